The molecule has 2 N–H and O–H groups in total. The van der Waals surface area contributed by atoms with Gasteiger partial charge in [-0.05, 0) is 19.1 Å². The van der Waals surface area contributed by atoms with E-state index < -0.39 is 10.0 Å². The minimum absolute atomic E-state index is 0.101. The molecule has 0 fully saturated rings. The average Bonchev–Trinajstić information content (AvgIpc) is 2.84. The zero-order chi connectivity index (χ0) is 14.6. The topological polar surface area (TPSA) is 110 Å². The summed E-state index contributed by atoms with van der Waals surface area (Å²) in [5.41, 5.74) is 0. The van der Waals surface area contributed by atoms with Crippen molar-refractivity contribution in [3.63, 3.8) is 0 Å². The minimum Gasteiger partial charge on any atom is -0.372 e. The Labute approximate surface area is 116 Å². The highest BCUT2D eigenvalue weighted by Crippen LogP contribution is 2.16. The molecular weight excluding hydrogens is 282 g/mol. The maximum atomic E-state index is 12.1. The number of sulfonamides is 1. The summed E-state index contributed by atoms with van der Waals surface area (Å²) < 4.78 is 31.7. The molecule has 8 nitrogen and oxygen atoms in total. The van der Waals surface area contributed by atoms with Gasteiger partial charge in [-0.25, -0.2) is 18.1 Å². The molecule has 0 amide bonds. The van der Waals surface area contributed by atoms with Gasteiger partial charge in [-0.3, -0.25) is 0 Å². The number of rotatable bonds is 6. The van der Waals surface area contributed by atoms with Crippen molar-refractivity contribution in [2.24, 2.45) is 0 Å². The van der Waals surface area contributed by atoms with Crippen molar-refractivity contribution in [2.75, 3.05) is 18.9 Å². The first-order valence-corrected chi connectivity index (χ1v) is 7.43. The molecule has 108 valence electrons. The quantitative estimate of drug-likeness (QED) is 0.790. The molecule has 2 aromatic rings. The lowest BCUT2D eigenvalue weighted by Gasteiger charge is -2.09. The van der Waals surface area contributed by atoms with Crippen LogP contribution in [0.4, 0.5) is 5.82 Å². The van der Waals surface area contributed by atoms with Crippen molar-refractivity contribution in [3.8, 4) is 0 Å². The maximum absolute atomic E-state index is 12.1. The van der Waals surface area contributed by atoms with Crippen LogP contribution in [0.2, 0.25) is 0 Å². The first-order chi connectivity index (χ1) is 9.53. The summed E-state index contributed by atoms with van der Waals surface area (Å²) >= 11 is 0. The molecule has 2 heterocycles. The number of aryl methyl sites for hydroxylation is 1. The standard InChI is InChI=1S/C11H15N5O3S/c1-8-15-10(19-16-8)5-7-14-20(17,18)9-4-3-6-13-11(9)12-2/h3-4,6,14H,5,7H2,1-2H3,(H,12,13). The van der Waals surface area contributed by atoms with Crippen LogP contribution < -0.4 is 10.0 Å². The number of hydrogen-bond acceptors (Lipinski definition) is 7. The van der Waals surface area contributed by atoms with E-state index in [0.717, 1.165) is 0 Å². The molecule has 20 heavy (non-hydrogen) atoms. The summed E-state index contributed by atoms with van der Waals surface area (Å²) in [7, 11) is -2.02. The van der Waals surface area contributed by atoms with Crippen LogP contribution in [-0.4, -0.2) is 37.1 Å². The van der Waals surface area contributed by atoms with Crippen molar-refractivity contribution in [1.29, 1.82) is 0 Å². The van der Waals surface area contributed by atoms with Gasteiger partial charge in [0.15, 0.2) is 5.82 Å². The highest BCUT2D eigenvalue weighted by atomic mass is 32.2. The minimum atomic E-state index is -3.63. The molecule has 2 aromatic heterocycles. The monoisotopic (exact) mass is 297 g/mol. The molecule has 0 unspecified atom stereocenters. The number of aromatic nitrogens is 3. The Hall–Kier alpha value is -2.00. The summed E-state index contributed by atoms with van der Waals surface area (Å²) in [6.45, 7) is 1.87. The lowest BCUT2D eigenvalue weighted by atomic mass is 10.4. The molecule has 0 spiro atoms. The Balaban J connectivity index is 2.04. The van der Waals surface area contributed by atoms with Gasteiger partial charge in [0, 0.05) is 26.2 Å². The van der Waals surface area contributed by atoms with Crippen LogP contribution in [0.1, 0.15) is 11.7 Å². The highest BCUT2D eigenvalue weighted by molar-refractivity contribution is 7.89. The van der Waals surface area contributed by atoms with E-state index in [-0.39, 0.29) is 11.4 Å². The number of nitrogens with zero attached hydrogens (tertiary/aromatic N) is 3. The second-order valence-corrected chi connectivity index (χ2v) is 5.72. The Kier molecular flexibility index (Phi) is 4.30. The van der Waals surface area contributed by atoms with E-state index in [1.54, 1.807) is 20.0 Å². The van der Waals surface area contributed by atoms with E-state index in [4.69, 9.17) is 4.52 Å². The molecule has 0 radical (unpaired) electrons. The van der Waals surface area contributed by atoms with Crippen molar-refractivity contribution in [2.45, 2.75) is 18.2 Å². The number of nitrogens with one attached hydrogen (secondary N) is 2. The van der Waals surface area contributed by atoms with Crippen LogP contribution in [0, 0.1) is 6.92 Å². The predicted octanol–water partition coefficient (Wildman–Crippen LogP) is 0.336. The molecule has 9 heteroatoms. The van der Waals surface area contributed by atoms with Gasteiger partial charge in [0.2, 0.25) is 15.9 Å². The van der Waals surface area contributed by atoms with Gasteiger partial charge in [-0.15, -0.1) is 0 Å². The molecule has 0 saturated carbocycles. The molecular formula is C11H15N5O3S. The van der Waals surface area contributed by atoms with E-state index >= 15 is 0 Å². The molecule has 0 aliphatic carbocycles. The summed E-state index contributed by atoms with van der Waals surface area (Å²) in [6.07, 6.45) is 1.85. The van der Waals surface area contributed by atoms with Crippen molar-refractivity contribution >= 4 is 15.8 Å². The normalized spacial score (nSPS) is 11.5. The van der Waals surface area contributed by atoms with Crippen LogP contribution in [0.25, 0.3) is 0 Å². The van der Waals surface area contributed by atoms with Gasteiger partial charge in [0.05, 0.1) is 0 Å². The van der Waals surface area contributed by atoms with Gasteiger partial charge in [0.25, 0.3) is 0 Å². The number of pyridine rings is 1. The van der Waals surface area contributed by atoms with E-state index in [1.807, 2.05) is 0 Å². The van der Waals surface area contributed by atoms with Crippen LogP contribution in [-0.2, 0) is 16.4 Å². The maximum Gasteiger partial charge on any atom is 0.244 e. The second kappa shape index (κ2) is 5.97. The Morgan fingerprint density at radius 3 is 2.85 bits per heavy atom. The fourth-order valence-corrected chi connectivity index (χ4v) is 2.80. The summed E-state index contributed by atoms with van der Waals surface area (Å²) in [4.78, 5) is 8.06. The van der Waals surface area contributed by atoms with Crippen LogP contribution in [0.3, 0.4) is 0 Å². The fraction of sp³-hybridized carbons (Fsp3) is 0.364. The van der Waals surface area contributed by atoms with Gasteiger partial charge in [0.1, 0.15) is 10.7 Å². The van der Waals surface area contributed by atoms with E-state index in [2.05, 4.69) is 25.2 Å². The van der Waals surface area contributed by atoms with Gasteiger partial charge < -0.3 is 9.84 Å². The molecule has 2 rings (SSSR count). The van der Waals surface area contributed by atoms with E-state index in [9.17, 15) is 8.42 Å². The Bertz CT molecular complexity index is 683. The van der Waals surface area contributed by atoms with Crippen LogP contribution in [0.15, 0.2) is 27.7 Å². The third-order valence-corrected chi connectivity index (χ3v) is 3.99. The summed E-state index contributed by atoms with van der Waals surface area (Å²) in [6, 6.07) is 3.05. The Morgan fingerprint density at radius 1 is 1.40 bits per heavy atom. The van der Waals surface area contributed by atoms with Crippen molar-refractivity contribution in [3.05, 3.63) is 30.0 Å². The Morgan fingerprint density at radius 2 is 2.20 bits per heavy atom. The number of anilines is 1. The molecule has 0 aliphatic rings. The van der Waals surface area contributed by atoms with Gasteiger partial charge in [-0.2, -0.15) is 4.98 Å². The summed E-state index contributed by atoms with van der Waals surface area (Å²) in [5, 5.41) is 6.38. The molecule has 0 aliphatic heterocycles. The first kappa shape index (κ1) is 14.4. The molecule has 0 saturated heterocycles. The van der Waals surface area contributed by atoms with E-state index in [1.165, 1.54) is 12.3 Å². The van der Waals surface area contributed by atoms with Crippen molar-refractivity contribution in [1.82, 2.24) is 19.8 Å². The average molecular weight is 297 g/mol. The largest absolute Gasteiger partial charge is 0.372 e. The predicted molar refractivity (Wildman–Crippen MR) is 71.7 cm³/mol. The lowest BCUT2D eigenvalue weighted by molar-refractivity contribution is 0.375. The third-order valence-electron chi connectivity index (χ3n) is 2.50. The van der Waals surface area contributed by atoms with Gasteiger partial charge >= 0.3 is 0 Å². The smallest absolute Gasteiger partial charge is 0.244 e. The SMILES string of the molecule is CNc1ncccc1S(=O)(=O)NCCc1nc(C)no1. The van der Waals surface area contributed by atoms with Crippen LogP contribution in [0.5, 0.6) is 0 Å². The molecule has 0 bridgehead atoms. The van der Waals surface area contributed by atoms with Crippen LogP contribution >= 0.6 is 0 Å². The zero-order valence-corrected chi connectivity index (χ0v) is 11.9. The summed E-state index contributed by atoms with van der Waals surface area (Å²) in [5.74, 6) is 1.21. The molecule has 0 aromatic carbocycles. The van der Waals surface area contributed by atoms with Crippen molar-refractivity contribution < 1.29 is 12.9 Å². The first-order valence-electron chi connectivity index (χ1n) is 5.94. The fourth-order valence-electron chi connectivity index (χ4n) is 1.61. The second-order valence-electron chi connectivity index (χ2n) is 3.98. The highest BCUT2D eigenvalue weighted by Gasteiger charge is 2.18. The van der Waals surface area contributed by atoms with Gasteiger partial charge in [-0.1, -0.05) is 5.16 Å². The van der Waals surface area contributed by atoms with E-state index in [0.29, 0.717) is 24.0 Å². The third kappa shape index (κ3) is 3.31. The zero-order valence-electron chi connectivity index (χ0n) is 11.1. The molecule has 0 atom stereocenters. The lowest BCUT2D eigenvalue weighted by Crippen LogP contribution is -2.27. The number of hydrogen-bond donors (Lipinski definition) is 2.